The van der Waals surface area contributed by atoms with Gasteiger partial charge in [0.15, 0.2) is 0 Å². The highest BCUT2D eigenvalue weighted by molar-refractivity contribution is 6.30. The summed E-state index contributed by atoms with van der Waals surface area (Å²) in [5, 5.41) is 20.0. The Bertz CT molecular complexity index is 737. The molecule has 0 saturated heterocycles. The van der Waals surface area contributed by atoms with E-state index in [0.717, 1.165) is 5.56 Å². The van der Waals surface area contributed by atoms with E-state index in [1.165, 1.54) is 6.07 Å². The first-order valence-electron chi connectivity index (χ1n) is 7.74. The van der Waals surface area contributed by atoms with Crippen LogP contribution in [-0.2, 0) is 0 Å². The molecule has 0 bridgehead atoms. The lowest BCUT2D eigenvalue weighted by Gasteiger charge is -2.15. The van der Waals surface area contributed by atoms with Crippen molar-refractivity contribution < 1.29 is 9.72 Å². The molecule has 0 radical (unpaired) electrons. The highest BCUT2D eigenvalue weighted by Crippen LogP contribution is 2.22. The second-order valence-electron chi connectivity index (χ2n) is 5.37. The second-order valence-corrected chi connectivity index (χ2v) is 5.81. The van der Waals surface area contributed by atoms with E-state index in [2.05, 4.69) is 16.0 Å². The lowest BCUT2D eigenvalue weighted by molar-refractivity contribution is -0.384. The summed E-state index contributed by atoms with van der Waals surface area (Å²) in [6, 6.07) is 13.1. The fourth-order valence-corrected chi connectivity index (χ4v) is 2.36. The first-order chi connectivity index (χ1) is 12.0. The number of carbonyl (C=O) groups is 1. The van der Waals surface area contributed by atoms with Gasteiger partial charge in [-0.05, 0) is 30.7 Å². The van der Waals surface area contributed by atoms with Crippen LogP contribution in [0.3, 0.4) is 0 Å². The molecule has 0 aliphatic carbocycles. The number of nitro groups is 1. The summed E-state index contributed by atoms with van der Waals surface area (Å²) in [6.07, 6.45) is 0. The van der Waals surface area contributed by atoms with Crippen molar-refractivity contribution >= 4 is 29.0 Å². The number of rotatable bonds is 7. The predicted octanol–water partition coefficient (Wildman–Crippen LogP) is 3.72. The molecule has 0 aliphatic heterocycles. The van der Waals surface area contributed by atoms with E-state index in [0.29, 0.717) is 23.8 Å². The Hall–Kier alpha value is -2.80. The quantitative estimate of drug-likeness (QED) is 0.397. The number of nitrogens with one attached hydrogen (secondary N) is 3. The molecule has 25 heavy (non-hydrogen) atoms. The van der Waals surface area contributed by atoms with Crippen LogP contribution in [0.1, 0.15) is 18.5 Å². The number of amides is 2. The zero-order chi connectivity index (χ0) is 18.2. The number of anilines is 1. The lowest BCUT2D eigenvalue weighted by Crippen LogP contribution is -2.39. The third-order valence-electron chi connectivity index (χ3n) is 3.54. The molecule has 2 rings (SSSR count). The van der Waals surface area contributed by atoms with Crippen molar-refractivity contribution in [2.75, 3.05) is 18.4 Å². The van der Waals surface area contributed by atoms with E-state index in [-0.39, 0.29) is 17.8 Å². The van der Waals surface area contributed by atoms with Crippen molar-refractivity contribution in [2.24, 2.45) is 0 Å². The van der Waals surface area contributed by atoms with E-state index >= 15 is 0 Å². The molecule has 0 aromatic heterocycles. The van der Waals surface area contributed by atoms with Crippen molar-refractivity contribution in [1.29, 1.82) is 0 Å². The van der Waals surface area contributed by atoms with Gasteiger partial charge in [0.05, 0.1) is 11.0 Å². The summed E-state index contributed by atoms with van der Waals surface area (Å²) in [5.41, 5.74) is 1.37. The number of benzene rings is 2. The Morgan fingerprint density at radius 3 is 2.52 bits per heavy atom. The highest BCUT2D eigenvalue weighted by atomic mass is 35.5. The number of hydrogen-bond donors (Lipinski definition) is 3. The summed E-state index contributed by atoms with van der Waals surface area (Å²) in [5.74, 6) is 0. The average Bonchev–Trinajstić information content (AvgIpc) is 2.59. The van der Waals surface area contributed by atoms with E-state index in [1.807, 2.05) is 19.1 Å². The molecule has 0 aliphatic rings. The molecule has 3 N–H and O–H groups in total. The first-order valence-corrected chi connectivity index (χ1v) is 8.12. The van der Waals surface area contributed by atoms with Crippen molar-refractivity contribution in [1.82, 2.24) is 10.6 Å². The van der Waals surface area contributed by atoms with Crippen LogP contribution in [0.4, 0.5) is 16.2 Å². The third-order valence-corrected chi connectivity index (χ3v) is 3.80. The molecule has 0 spiro atoms. The van der Waals surface area contributed by atoms with Gasteiger partial charge in [-0.25, -0.2) is 4.79 Å². The molecule has 0 fully saturated rings. The van der Waals surface area contributed by atoms with Gasteiger partial charge in [0, 0.05) is 24.2 Å². The average molecular weight is 363 g/mol. The van der Waals surface area contributed by atoms with Gasteiger partial charge in [-0.1, -0.05) is 35.9 Å². The smallest absolute Gasteiger partial charge is 0.315 e. The van der Waals surface area contributed by atoms with Crippen LogP contribution >= 0.6 is 11.6 Å². The molecule has 1 unspecified atom stereocenters. The Labute approximate surface area is 150 Å². The molecule has 7 nitrogen and oxygen atoms in total. The monoisotopic (exact) mass is 362 g/mol. The molecule has 2 amide bonds. The minimum absolute atomic E-state index is 0.00307. The number of halogens is 1. The molecule has 2 aromatic carbocycles. The molecule has 2 aromatic rings. The molecular weight excluding hydrogens is 344 g/mol. The summed E-state index contributed by atoms with van der Waals surface area (Å²) in [6.45, 7) is 2.56. The van der Waals surface area contributed by atoms with Crippen LogP contribution in [0.25, 0.3) is 0 Å². The highest BCUT2D eigenvalue weighted by Gasteiger charge is 2.12. The van der Waals surface area contributed by atoms with Crippen LogP contribution in [0.2, 0.25) is 5.02 Å². The predicted molar refractivity (Wildman–Crippen MR) is 98.0 cm³/mol. The Morgan fingerprint density at radius 1 is 1.16 bits per heavy atom. The van der Waals surface area contributed by atoms with Crippen molar-refractivity contribution in [2.45, 2.75) is 13.0 Å². The summed E-state index contributed by atoms with van der Waals surface area (Å²) >= 11 is 5.84. The maximum atomic E-state index is 11.9. The first kappa shape index (κ1) is 18.5. The van der Waals surface area contributed by atoms with Gasteiger partial charge in [-0.2, -0.15) is 0 Å². The van der Waals surface area contributed by atoms with Crippen molar-refractivity contribution in [3.63, 3.8) is 0 Å². The van der Waals surface area contributed by atoms with Gasteiger partial charge < -0.3 is 16.0 Å². The third kappa shape index (κ3) is 5.65. The van der Waals surface area contributed by atoms with Crippen LogP contribution in [-0.4, -0.2) is 24.0 Å². The summed E-state index contributed by atoms with van der Waals surface area (Å²) < 4.78 is 0. The topological polar surface area (TPSA) is 96.3 Å². The number of carbonyl (C=O) groups excluding carboxylic acids is 1. The number of para-hydroxylation sites is 2. The van der Waals surface area contributed by atoms with E-state index in [1.54, 1.807) is 30.3 Å². The van der Waals surface area contributed by atoms with E-state index < -0.39 is 4.92 Å². The molecule has 132 valence electrons. The SMILES string of the molecule is CC(NC(=O)NCCNc1ccccc1[N+](=O)[O-])c1ccc(Cl)cc1. The molecule has 0 heterocycles. The van der Waals surface area contributed by atoms with E-state index in [9.17, 15) is 14.9 Å². The Morgan fingerprint density at radius 2 is 1.84 bits per heavy atom. The summed E-state index contributed by atoms with van der Waals surface area (Å²) in [4.78, 5) is 22.4. The largest absolute Gasteiger partial charge is 0.378 e. The normalized spacial score (nSPS) is 11.4. The Balaban J connectivity index is 1.75. The van der Waals surface area contributed by atoms with Gasteiger partial charge in [-0.3, -0.25) is 10.1 Å². The Kier molecular flexibility index (Phi) is 6.59. The number of nitrogens with zero attached hydrogens (tertiary/aromatic N) is 1. The zero-order valence-electron chi connectivity index (χ0n) is 13.7. The van der Waals surface area contributed by atoms with E-state index in [4.69, 9.17) is 11.6 Å². The van der Waals surface area contributed by atoms with Crippen LogP contribution in [0.15, 0.2) is 48.5 Å². The molecule has 1 atom stereocenters. The van der Waals surface area contributed by atoms with Crippen molar-refractivity contribution in [3.8, 4) is 0 Å². The van der Waals surface area contributed by atoms with Gasteiger partial charge >= 0.3 is 6.03 Å². The minimum Gasteiger partial charge on any atom is -0.378 e. The van der Waals surface area contributed by atoms with Gasteiger partial charge in [0.25, 0.3) is 5.69 Å². The second kappa shape index (κ2) is 8.89. The van der Waals surface area contributed by atoms with Crippen LogP contribution in [0.5, 0.6) is 0 Å². The minimum atomic E-state index is -0.448. The molecule has 0 saturated carbocycles. The maximum absolute atomic E-state index is 11.9. The lowest BCUT2D eigenvalue weighted by atomic mass is 10.1. The fraction of sp³-hybridized carbons (Fsp3) is 0.235. The number of urea groups is 1. The fourth-order valence-electron chi connectivity index (χ4n) is 2.24. The zero-order valence-corrected chi connectivity index (χ0v) is 14.4. The maximum Gasteiger partial charge on any atom is 0.315 e. The number of nitro benzene ring substituents is 1. The van der Waals surface area contributed by atoms with Gasteiger partial charge in [0.2, 0.25) is 0 Å². The van der Waals surface area contributed by atoms with Crippen molar-refractivity contribution in [3.05, 3.63) is 69.2 Å². The molecular formula is C17H19ClN4O3. The standard InChI is InChI=1S/C17H19ClN4O3/c1-12(13-6-8-14(18)9-7-13)21-17(23)20-11-10-19-15-4-2-3-5-16(15)22(24)25/h2-9,12,19H,10-11H2,1H3,(H2,20,21,23). The van der Waals surface area contributed by atoms with Crippen LogP contribution in [0, 0.1) is 10.1 Å². The summed E-state index contributed by atoms with van der Waals surface area (Å²) in [7, 11) is 0. The van der Waals surface area contributed by atoms with Gasteiger partial charge in [-0.15, -0.1) is 0 Å². The number of hydrogen-bond acceptors (Lipinski definition) is 4. The molecule has 8 heteroatoms. The van der Waals surface area contributed by atoms with Gasteiger partial charge in [0.1, 0.15) is 5.69 Å². The van der Waals surface area contributed by atoms with Crippen LogP contribution < -0.4 is 16.0 Å².